The molecule has 20 heavy (non-hydrogen) atoms. The summed E-state index contributed by atoms with van der Waals surface area (Å²) in [6.45, 7) is 0. The molecule has 0 heterocycles. The highest BCUT2D eigenvalue weighted by Crippen LogP contribution is 2.58. The van der Waals surface area contributed by atoms with E-state index in [4.69, 9.17) is 9.84 Å². The molecule has 0 spiro atoms. The molecule has 2 N–H and O–H groups in total. The maximum atomic E-state index is 13.1. The minimum absolute atomic E-state index is 0.0929. The minimum Gasteiger partial charge on any atom is -0.504 e. The molecule has 0 saturated heterocycles. The number of phenols is 1. The number of ether oxygens (including phenoxy) is 1. The van der Waals surface area contributed by atoms with Crippen molar-refractivity contribution in [1.82, 2.24) is 0 Å². The number of hydrogen-bond acceptors (Lipinski definition) is 3. The van der Waals surface area contributed by atoms with Crippen molar-refractivity contribution in [2.75, 3.05) is 7.11 Å². The van der Waals surface area contributed by atoms with Crippen LogP contribution in [0.4, 0.5) is 13.2 Å². The van der Waals surface area contributed by atoms with Crippen molar-refractivity contribution in [1.29, 1.82) is 0 Å². The Bertz CT molecular complexity index is 547. The number of aliphatic carboxylic acids is 1. The number of rotatable bonds is 4. The number of alkyl halides is 3. The van der Waals surface area contributed by atoms with Crippen LogP contribution in [0.15, 0.2) is 12.1 Å². The lowest BCUT2D eigenvalue weighted by Gasteiger charge is -2.22. The van der Waals surface area contributed by atoms with Gasteiger partial charge in [0.1, 0.15) is 0 Å². The van der Waals surface area contributed by atoms with E-state index in [2.05, 4.69) is 0 Å². The summed E-state index contributed by atoms with van der Waals surface area (Å²) < 4.78 is 44.0. The molecule has 0 radical (unpaired) electrons. The number of benzene rings is 1. The van der Waals surface area contributed by atoms with Crippen molar-refractivity contribution in [2.45, 2.75) is 30.9 Å². The molecule has 2 rings (SSSR count). The molecule has 1 aromatic carbocycles. The lowest BCUT2D eigenvalue weighted by Crippen LogP contribution is -2.19. The molecule has 0 bridgehead atoms. The first kappa shape index (κ1) is 14.5. The normalized spacial score (nSPS) is 16.8. The second-order valence-corrected chi connectivity index (χ2v) is 4.89. The van der Waals surface area contributed by atoms with Crippen molar-refractivity contribution in [3.63, 3.8) is 0 Å². The Morgan fingerprint density at radius 3 is 2.40 bits per heavy atom. The molecule has 1 aromatic rings. The maximum absolute atomic E-state index is 13.1. The lowest BCUT2D eigenvalue weighted by molar-refractivity contribution is -0.141. The van der Waals surface area contributed by atoms with Gasteiger partial charge in [-0.25, -0.2) is 0 Å². The quantitative estimate of drug-likeness (QED) is 0.894. The van der Waals surface area contributed by atoms with Crippen LogP contribution in [0.5, 0.6) is 11.5 Å². The standard InChI is InChI=1S/C13H13F3O4/c1-20-8-3-2-7(13(14,15)16)10(11(8)19)12(4-5-12)6-9(17)18/h2-3,19H,4-6H2,1H3,(H,17,18). The summed E-state index contributed by atoms with van der Waals surface area (Å²) in [5.41, 5.74) is -2.53. The van der Waals surface area contributed by atoms with Crippen molar-refractivity contribution in [3.8, 4) is 11.5 Å². The molecule has 0 atom stereocenters. The van der Waals surface area contributed by atoms with Crippen molar-refractivity contribution >= 4 is 5.97 Å². The van der Waals surface area contributed by atoms with Crippen LogP contribution in [0.2, 0.25) is 0 Å². The van der Waals surface area contributed by atoms with Gasteiger partial charge in [-0.15, -0.1) is 0 Å². The zero-order valence-corrected chi connectivity index (χ0v) is 10.6. The van der Waals surface area contributed by atoms with Crippen LogP contribution in [0.1, 0.15) is 30.4 Å². The van der Waals surface area contributed by atoms with E-state index in [0.717, 1.165) is 12.1 Å². The number of carboxylic acids is 1. The Morgan fingerprint density at radius 1 is 1.40 bits per heavy atom. The van der Waals surface area contributed by atoms with Crippen molar-refractivity contribution in [2.24, 2.45) is 0 Å². The van der Waals surface area contributed by atoms with Gasteiger partial charge in [0.05, 0.1) is 19.1 Å². The highest BCUT2D eigenvalue weighted by molar-refractivity contribution is 5.71. The summed E-state index contributed by atoms with van der Waals surface area (Å²) in [5.74, 6) is -1.91. The molecule has 0 aromatic heterocycles. The largest absolute Gasteiger partial charge is 0.504 e. The number of hydrogen-bond donors (Lipinski definition) is 2. The summed E-state index contributed by atoms with van der Waals surface area (Å²) in [5, 5.41) is 18.9. The number of carboxylic acid groups (broad SMARTS) is 1. The average molecular weight is 290 g/mol. The monoisotopic (exact) mass is 290 g/mol. The molecule has 1 saturated carbocycles. The van der Waals surface area contributed by atoms with E-state index in [1.807, 2.05) is 0 Å². The van der Waals surface area contributed by atoms with Gasteiger partial charge in [0.25, 0.3) is 0 Å². The van der Waals surface area contributed by atoms with Gasteiger partial charge in [0, 0.05) is 11.0 Å². The van der Waals surface area contributed by atoms with Gasteiger partial charge in [-0.3, -0.25) is 4.79 Å². The highest BCUT2D eigenvalue weighted by atomic mass is 19.4. The molecule has 0 aliphatic heterocycles. The third kappa shape index (κ3) is 2.39. The Hall–Kier alpha value is -1.92. The molecule has 4 nitrogen and oxygen atoms in total. The average Bonchev–Trinajstić information content (AvgIpc) is 3.06. The first-order valence-corrected chi connectivity index (χ1v) is 5.91. The maximum Gasteiger partial charge on any atom is 0.416 e. The fourth-order valence-corrected chi connectivity index (χ4v) is 2.47. The van der Waals surface area contributed by atoms with E-state index in [-0.39, 0.29) is 11.3 Å². The summed E-state index contributed by atoms with van der Waals surface area (Å²) in [4.78, 5) is 10.9. The summed E-state index contributed by atoms with van der Waals surface area (Å²) in [6.07, 6.45) is -4.52. The van der Waals surface area contributed by atoms with Gasteiger partial charge in [0.15, 0.2) is 11.5 Å². The van der Waals surface area contributed by atoms with Crippen LogP contribution >= 0.6 is 0 Å². The number of aromatic hydroxyl groups is 1. The molecule has 0 unspecified atom stereocenters. The van der Waals surface area contributed by atoms with Gasteiger partial charge in [-0.2, -0.15) is 13.2 Å². The van der Waals surface area contributed by atoms with E-state index >= 15 is 0 Å². The predicted molar refractivity (Wildman–Crippen MR) is 62.8 cm³/mol. The third-order valence-corrected chi connectivity index (χ3v) is 3.54. The van der Waals surface area contributed by atoms with Crippen LogP contribution < -0.4 is 4.74 Å². The van der Waals surface area contributed by atoms with Gasteiger partial charge in [0.2, 0.25) is 0 Å². The van der Waals surface area contributed by atoms with Crippen LogP contribution in [0.3, 0.4) is 0 Å². The topological polar surface area (TPSA) is 66.8 Å². The zero-order valence-electron chi connectivity index (χ0n) is 10.6. The fourth-order valence-electron chi connectivity index (χ4n) is 2.47. The fraction of sp³-hybridized carbons (Fsp3) is 0.462. The predicted octanol–water partition coefficient (Wildman–Crippen LogP) is 2.93. The van der Waals surface area contributed by atoms with Gasteiger partial charge >= 0.3 is 12.1 Å². The van der Waals surface area contributed by atoms with Gasteiger partial charge in [-0.1, -0.05) is 0 Å². The van der Waals surface area contributed by atoms with E-state index in [1.54, 1.807) is 0 Å². The van der Waals surface area contributed by atoms with E-state index in [1.165, 1.54) is 7.11 Å². The Balaban J connectivity index is 2.62. The summed E-state index contributed by atoms with van der Waals surface area (Å²) in [7, 11) is 1.23. The molecule has 1 aliphatic carbocycles. The highest BCUT2D eigenvalue weighted by Gasteiger charge is 2.52. The molecule has 1 fully saturated rings. The van der Waals surface area contributed by atoms with Gasteiger partial charge in [-0.05, 0) is 25.0 Å². The van der Waals surface area contributed by atoms with Crippen LogP contribution in [0, 0.1) is 0 Å². The first-order chi connectivity index (χ1) is 9.21. The molecule has 7 heteroatoms. The SMILES string of the molecule is COc1ccc(C(F)(F)F)c(C2(CC(=O)O)CC2)c1O. The van der Waals surface area contributed by atoms with Crippen LogP contribution in [-0.2, 0) is 16.4 Å². The molecule has 1 aliphatic rings. The third-order valence-electron chi connectivity index (χ3n) is 3.54. The number of halogens is 3. The Kier molecular flexibility index (Phi) is 3.31. The Labute approximate surface area is 112 Å². The second-order valence-electron chi connectivity index (χ2n) is 4.89. The first-order valence-electron chi connectivity index (χ1n) is 5.91. The van der Waals surface area contributed by atoms with Crippen LogP contribution in [0.25, 0.3) is 0 Å². The van der Waals surface area contributed by atoms with E-state index in [0.29, 0.717) is 12.8 Å². The smallest absolute Gasteiger partial charge is 0.416 e. The van der Waals surface area contributed by atoms with Crippen molar-refractivity contribution in [3.05, 3.63) is 23.3 Å². The summed E-state index contributed by atoms with van der Waals surface area (Å²) in [6, 6.07) is 1.84. The van der Waals surface area contributed by atoms with Crippen LogP contribution in [-0.4, -0.2) is 23.3 Å². The molecular weight excluding hydrogens is 277 g/mol. The number of phenolic OH excluding ortho intramolecular Hbond substituents is 1. The van der Waals surface area contributed by atoms with Gasteiger partial charge < -0.3 is 14.9 Å². The number of methoxy groups -OCH3 is 1. The van der Waals surface area contributed by atoms with E-state index in [9.17, 15) is 23.1 Å². The van der Waals surface area contributed by atoms with E-state index < -0.39 is 35.3 Å². The zero-order chi connectivity index (χ0) is 15.1. The molecule has 110 valence electrons. The molecule has 0 amide bonds. The summed E-state index contributed by atoms with van der Waals surface area (Å²) >= 11 is 0. The Morgan fingerprint density at radius 2 is 2.00 bits per heavy atom. The molecular formula is C13H13F3O4. The lowest BCUT2D eigenvalue weighted by atomic mass is 9.87. The minimum atomic E-state index is -4.66. The van der Waals surface area contributed by atoms with Crippen molar-refractivity contribution < 1.29 is 32.9 Å². The number of carbonyl (C=O) groups is 1. The second kappa shape index (κ2) is 4.57.